The largest absolute Gasteiger partial charge is 0.480 e. The summed E-state index contributed by atoms with van der Waals surface area (Å²) >= 11 is 0. The van der Waals surface area contributed by atoms with Crippen LogP contribution in [0.2, 0.25) is 0 Å². The number of carbonyl (C=O) groups is 2. The fourth-order valence-electron chi connectivity index (χ4n) is 2.24. The van der Waals surface area contributed by atoms with E-state index in [1.54, 1.807) is 38.1 Å². The molecule has 1 unspecified atom stereocenters. The number of carbonyl (C=O) groups excluding carboxylic acids is 1. The van der Waals surface area contributed by atoms with E-state index in [1.165, 1.54) is 0 Å². The topological polar surface area (TPSA) is 112 Å². The number of H-pyrrole nitrogens is 1. The number of nitrogens with one attached hydrogen (secondary N) is 2. The minimum Gasteiger partial charge on any atom is -0.480 e. The minimum absolute atomic E-state index is 0.0534. The second-order valence-electron chi connectivity index (χ2n) is 5.66. The SMILES string of the molecule is CC(C)C(NC(=O)CCc1nc2ccccc2c(=O)[nH]1)C(=O)O. The van der Waals surface area contributed by atoms with Crippen molar-refractivity contribution in [3.05, 3.63) is 40.4 Å². The number of aromatic nitrogens is 2. The van der Waals surface area contributed by atoms with E-state index < -0.39 is 12.0 Å². The summed E-state index contributed by atoms with van der Waals surface area (Å²) in [6.45, 7) is 3.45. The molecule has 0 fully saturated rings. The number of hydrogen-bond acceptors (Lipinski definition) is 4. The van der Waals surface area contributed by atoms with Crippen LogP contribution in [0.1, 0.15) is 26.1 Å². The molecule has 0 aliphatic heterocycles. The van der Waals surface area contributed by atoms with Gasteiger partial charge in [-0.3, -0.25) is 9.59 Å². The van der Waals surface area contributed by atoms with Crippen molar-refractivity contribution in [2.45, 2.75) is 32.7 Å². The van der Waals surface area contributed by atoms with Crippen molar-refractivity contribution < 1.29 is 14.7 Å². The lowest BCUT2D eigenvalue weighted by Crippen LogP contribution is -2.44. The molecule has 1 aromatic heterocycles. The summed E-state index contributed by atoms with van der Waals surface area (Å²) in [4.78, 5) is 41.8. The lowest BCUT2D eigenvalue weighted by molar-refractivity contribution is -0.143. The average Bonchev–Trinajstić information content (AvgIpc) is 2.50. The quantitative estimate of drug-likeness (QED) is 0.738. The normalized spacial score (nSPS) is 12.3. The highest BCUT2D eigenvalue weighted by atomic mass is 16.4. The number of benzene rings is 1. The zero-order valence-electron chi connectivity index (χ0n) is 13.0. The van der Waals surface area contributed by atoms with E-state index in [0.717, 1.165) is 0 Å². The highest BCUT2D eigenvalue weighted by molar-refractivity contribution is 5.83. The van der Waals surface area contributed by atoms with Crippen LogP contribution in [0.4, 0.5) is 0 Å². The van der Waals surface area contributed by atoms with Crippen LogP contribution < -0.4 is 10.9 Å². The van der Waals surface area contributed by atoms with E-state index in [0.29, 0.717) is 16.7 Å². The fraction of sp³-hybridized carbons (Fsp3) is 0.375. The highest BCUT2D eigenvalue weighted by Crippen LogP contribution is 2.07. The van der Waals surface area contributed by atoms with Crippen LogP contribution in [0.25, 0.3) is 10.9 Å². The van der Waals surface area contributed by atoms with E-state index in [1.807, 2.05) is 0 Å². The van der Waals surface area contributed by atoms with Gasteiger partial charge in [-0.05, 0) is 18.1 Å². The van der Waals surface area contributed by atoms with Crippen molar-refractivity contribution in [3.63, 3.8) is 0 Å². The van der Waals surface area contributed by atoms with E-state index in [-0.39, 0.29) is 30.2 Å². The molecule has 0 aliphatic carbocycles. The molecule has 0 saturated heterocycles. The molecule has 0 radical (unpaired) electrons. The third kappa shape index (κ3) is 4.15. The molecule has 7 nitrogen and oxygen atoms in total. The lowest BCUT2D eigenvalue weighted by Gasteiger charge is -2.17. The number of hydrogen-bond donors (Lipinski definition) is 3. The summed E-state index contributed by atoms with van der Waals surface area (Å²) in [5.41, 5.74) is 0.314. The summed E-state index contributed by atoms with van der Waals surface area (Å²) in [7, 11) is 0. The molecule has 7 heteroatoms. The van der Waals surface area contributed by atoms with Gasteiger partial charge in [-0.15, -0.1) is 0 Å². The number of para-hydroxylation sites is 1. The predicted molar refractivity (Wildman–Crippen MR) is 85.1 cm³/mol. The third-order valence-electron chi connectivity index (χ3n) is 3.50. The van der Waals surface area contributed by atoms with Crippen LogP contribution in [0, 0.1) is 5.92 Å². The van der Waals surface area contributed by atoms with Crippen molar-refractivity contribution in [2.75, 3.05) is 0 Å². The Morgan fingerprint density at radius 3 is 2.65 bits per heavy atom. The van der Waals surface area contributed by atoms with Gasteiger partial charge >= 0.3 is 5.97 Å². The molecule has 0 bridgehead atoms. The Morgan fingerprint density at radius 2 is 2.00 bits per heavy atom. The summed E-state index contributed by atoms with van der Waals surface area (Å²) in [5, 5.41) is 12.0. The van der Waals surface area contributed by atoms with Crippen LogP contribution in [-0.2, 0) is 16.0 Å². The number of aromatic amines is 1. The maximum Gasteiger partial charge on any atom is 0.326 e. The van der Waals surface area contributed by atoms with E-state index in [9.17, 15) is 14.4 Å². The number of rotatable bonds is 6. The Morgan fingerprint density at radius 1 is 1.30 bits per heavy atom. The van der Waals surface area contributed by atoms with Crippen molar-refractivity contribution in [1.29, 1.82) is 0 Å². The van der Waals surface area contributed by atoms with Gasteiger partial charge in [-0.25, -0.2) is 9.78 Å². The summed E-state index contributed by atoms with van der Waals surface area (Å²) in [5.74, 6) is -1.26. The highest BCUT2D eigenvalue weighted by Gasteiger charge is 2.23. The van der Waals surface area contributed by atoms with Crippen LogP contribution >= 0.6 is 0 Å². The molecule has 23 heavy (non-hydrogen) atoms. The van der Waals surface area contributed by atoms with Gasteiger partial charge < -0.3 is 15.4 Å². The Labute approximate surface area is 132 Å². The molecule has 1 heterocycles. The maximum atomic E-state index is 11.9. The summed E-state index contributed by atoms with van der Waals surface area (Å²) in [6.07, 6.45) is 0.286. The van der Waals surface area contributed by atoms with Gasteiger partial charge in [-0.2, -0.15) is 0 Å². The molecule has 2 aromatic rings. The Hall–Kier alpha value is -2.70. The number of nitrogens with zero attached hydrogens (tertiary/aromatic N) is 1. The van der Waals surface area contributed by atoms with Gasteiger partial charge in [0.05, 0.1) is 10.9 Å². The average molecular weight is 317 g/mol. The number of amides is 1. The first-order chi connectivity index (χ1) is 10.9. The molecule has 2 rings (SSSR count). The monoisotopic (exact) mass is 317 g/mol. The molecule has 1 aromatic carbocycles. The van der Waals surface area contributed by atoms with Gasteiger partial charge in [0.1, 0.15) is 11.9 Å². The molecule has 0 saturated carbocycles. The molecule has 1 amide bonds. The predicted octanol–water partition coefficient (Wildman–Crippen LogP) is 1.08. The van der Waals surface area contributed by atoms with Crippen molar-refractivity contribution in [2.24, 2.45) is 5.92 Å². The van der Waals surface area contributed by atoms with Crippen LogP contribution in [0.5, 0.6) is 0 Å². The van der Waals surface area contributed by atoms with Crippen molar-refractivity contribution in [3.8, 4) is 0 Å². The van der Waals surface area contributed by atoms with Crippen LogP contribution in [0.3, 0.4) is 0 Å². The van der Waals surface area contributed by atoms with E-state index >= 15 is 0 Å². The van der Waals surface area contributed by atoms with E-state index in [2.05, 4.69) is 15.3 Å². The molecular formula is C16H19N3O4. The first-order valence-corrected chi connectivity index (χ1v) is 7.38. The Kier molecular flexibility index (Phi) is 5.10. The number of carboxylic acids is 1. The molecule has 0 spiro atoms. The number of aryl methyl sites for hydroxylation is 1. The Balaban J connectivity index is 2.04. The van der Waals surface area contributed by atoms with E-state index in [4.69, 9.17) is 5.11 Å². The molecule has 0 aliphatic rings. The van der Waals surface area contributed by atoms with Crippen molar-refractivity contribution >= 4 is 22.8 Å². The molecule has 122 valence electrons. The summed E-state index contributed by atoms with van der Waals surface area (Å²) in [6, 6.07) is 6.02. The van der Waals surface area contributed by atoms with Gasteiger partial charge in [-0.1, -0.05) is 26.0 Å². The smallest absolute Gasteiger partial charge is 0.326 e. The molecule has 1 atom stereocenters. The van der Waals surface area contributed by atoms with Crippen LogP contribution in [-0.4, -0.2) is 33.0 Å². The molecule has 3 N–H and O–H groups in total. The zero-order chi connectivity index (χ0) is 17.0. The standard InChI is InChI=1S/C16H19N3O4/c1-9(2)14(16(22)23)19-13(20)8-7-12-17-11-6-4-3-5-10(11)15(21)18-12/h3-6,9,14H,7-8H2,1-2H3,(H,19,20)(H,22,23)(H,17,18,21). The van der Waals surface area contributed by atoms with Gasteiger partial charge in [0.15, 0.2) is 0 Å². The van der Waals surface area contributed by atoms with Gasteiger partial charge in [0.2, 0.25) is 5.91 Å². The second kappa shape index (κ2) is 7.04. The van der Waals surface area contributed by atoms with Gasteiger partial charge in [0, 0.05) is 12.8 Å². The maximum absolute atomic E-state index is 11.9. The Bertz CT molecular complexity index is 782. The second-order valence-corrected chi connectivity index (χ2v) is 5.66. The first kappa shape index (κ1) is 16.7. The zero-order valence-corrected chi connectivity index (χ0v) is 13.0. The lowest BCUT2D eigenvalue weighted by atomic mass is 10.0. The number of fused-ring (bicyclic) bond motifs is 1. The fourth-order valence-corrected chi connectivity index (χ4v) is 2.24. The minimum atomic E-state index is -1.06. The van der Waals surface area contributed by atoms with Gasteiger partial charge in [0.25, 0.3) is 5.56 Å². The number of aliphatic carboxylic acids is 1. The van der Waals surface area contributed by atoms with Crippen molar-refractivity contribution in [1.82, 2.24) is 15.3 Å². The summed E-state index contributed by atoms with van der Waals surface area (Å²) < 4.78 is 0. The number of carboxylic acid groups (broad SMARTS) is 1. The van der Waals surface area contributed by atoms with Crippen LogP contribution in [0.15, 0.2) is 29.1 Å². The molecular weight excluding hydrogens is 298 g/mol. The third-order valence-corrected chi connectivity index (χ3v) is 3.50. The first-order valence-electron chi connectivity index (χ1n) is 7.38.